The molecule has 3 aromatic rings. The molecule has 0 aliphatic carbocycles. The molecule has 4 rings (SSSR count). The van der Waals surface area contributed by atoms with Gasteiger partial charge in [0.15, 0.2) is 14.7 Å². The minimum Gasteiger partial charge on any atom is -0.355 e. The van der Waals surface area contributed by atoms with E-state index in [-0.39, 0.29) is 16.5 Å². The van der Waals surface area contributed by atoms with Gasteiger partial charge in [-0.3, -0.25) is 0 Å². The molecule has 0 radical (unpaired) electrons. The largest absolute Gasteiger partial charge is 0.355 e. The van der Waals surface area contributed by atoms with Crippen LogP contribution in [0.3, 0.4) is 0 Å². The van der Waals surface area contributed by atoms with Gasteiger partial charge in [0.1, 0.15) is 17.7 Å². The van der Waals surface area contributed by atoms with E-state index >= 15 is 0 Å². The van der Waals surface area contributed by atoms with Crippen LogP contribution in [0.15, 0.2) is 89.8 Å². The first-order valence-electron chi connectivity index (χ1n) is 10.3. The average Bonchev–Trinajstić information content (AvgIpc) is 2.84. The number of rotatable bonds is 6. The van der Waals surface area contributed by atoms with Crippen molar-refractivity contribution >= 4 is 32.9 Å². The van der Waals surface area contributed by atoms with Gasteiger partial charge in [-0.1, -0.05) is 30.3 Å². The summed E-state index contributed by atoms with van der Waals surface area (Å²) in [6.45, 7) is 0. The van der Waals surface area contributed by atoms with Gasteiger partial charge < -0.3 is 5.32 Å². The van der Waals surface area contributed by atoms with Crippen LogP contribution in [0.5, 0.6) is 0 Å². The predicted molar refractivity (Wildman–Crippen MR) is 131 cm³/mol. The third kappa shape index (κ3) is 5.22. The second-order valence-electron chi connectivity index (χ2n) is 7.81. The molecule has 1 unspecified atom stereocenters. The standard InChI is InChI=1S/C26H20F2N2O2S2/c1-34(31,32)23-12-6-19(7-13-23)24-14-15-26(17-29,33-16-18-2-8-21(27)9-3-18)30-25(24)20-4-10-22(28)11-5-20/h2-15,30H,16H2,1H3. The van der Waals surface area contributed by atoms with Gasteiger partial charge in [-0.05, 0) is 71.3 Å². The Bertz CT molecular complexity index is 1410. The first-order chi connectivity index (χ1) is 16.2. The second kappa shape index (κ2) is 9.45. The number of allylic oxidation sites excluding steroid dienone is 2. The molecule has 4 nitrogen and oxygen atoms in total. The normalized spacial score (nSPS) is 17.8. The Labute approximate surface area is 201 Å². The van der Waals surface area contributed by atoms with Crippen LogP contribution in [0.25, 0.3) is 11.3 Å². The minimum atomic E-state index is -3.34. The van der Waals surface area contributed by atoms with E-state index in [0.29, 0.717) is 17.0 Å². The van der Waals surface area contributed by atoms with Crippen LogP contribution in [-0.4, -0.2) is 19.5 Å². The summed E-state index contributed by atoms with van der Waals surface area (Å²) in [5.74, 6) is -0.250. The van der Waals surface area contributed by atoms with Gasteiger partial charge in [0, 0.05) is 17.6 Å². The highest BCUT2D eigenvalue weighted by atomic mass is 32.2. The molecule has 0 saturated heterocycles. The number of nitrogens with zero attached hydrogens (tertiary/aromatic N) is 1. The van der Waals surface area contributed by atoms with Crippen molar-refractivity contribution in [2.75, 3.05) is 6.26 Å². The minimum absolute atomic E-state index is 0.203. The molecule has 34 heavy (non-hydrogen) atoms. The number of benzene rings is 3. The van der Waals surface area contributed by atoms with E-state index in [1.807, 2.05) is 6.08 Å². The first-order valence-corrected chi connectivity index (χ1v) is 13.1. The molecule has 8 heteroatoms. The fourth-order valence-corrected chi connectivity index (χ4v) is 5.12. The summed E-state index contributed by atoms with van der Waals surface area (Å²) in [7, 11) is -3.34. The van der Waals surface area contributed by atoms with Crippen molar-refractivity contribution in [1.29, 1.82) is 5.26 Å². The summed E-state index contributed by atoms with van der Waals surface area (Å²) < 4.78 is 50.5. The number of dihydropyridines is 1. The number of nitrogens with one attached hydrogen (secondary N) is 1. The molecule has 0 bridgehead atoms. The van der Waals surface area contributed by atoms with E-state index in [9.17, 15) is 22.5 Å². The van der Waals surface area contributed by atoms with Gasteiger partial charge in [-0.15, -0.1) is 11.8 Å². The van der Waals surface area contributed by atoms with E-state index in [0.717, 1.165) is 23.0 Å². The van der Waals surface area contributed by atoms with Crippen LogP contribution >= 0.6 is 11.8 Å². The highest BCUT2D eigenvalue weighted by Crippen LogP contribution is 2.38. The number of nitriles is 1. The zero-order valence-electron chi connectivity index (χ0n) is 18.1. The molecule has 0 aromatic heterocycles. The Balaban J connectivity index is 1.72. The lowest BCUT2D eigenvalue weighted by atomic mass is 9.95. The summed E-state index contributed by atoms with van der Waals surface area (Å²) in [6.07, 6.45) is 4.70. The molecule has 1 aliphatic heterocycles. The topological polar surface area (TPSA) is 70.0 Å². The smallest absolute Gasteiger partial charge is 0.191 e. The molecule has 1 atom stereocenters. The van der Waals surface area contributed by atoms with E-state index in [2.05, 4.69) is 11.4 Å². The van der Waals surface area contributed by atoms with E-state index in [1.54, 1.807) is 42.5 Å². The zero-order valence-corrected chi connectivity index (χ0v) is 19.8. The SMILES string of the molecule is CS(=O)(=O)c1ccc(C2=C(c3ccc(F)cc3)NC(C#N)(SCc3ccc(F)cc3)C=C2)cc1. The lowest BCUT2D eigenvalue weighted by Gasteiger charge is -2.32. The quantitative estimate of drug-likeness (QED) is 0.487. The molecule has 0 saturated carbocycles. The third-order valence-electron chi connectivity index (χ3n) is 5.34. The Morgan fingerprint density at radius 1 is 0.912 bits per heavy atom. The Kier molecular flexibility index (Phi) is 6.60. The first kappa shape index (κ1) is 23.7. The molecule has 1 aliphatic rings. The van der Waals surface area contributed by atoms with Crippen LogP contribution < -0.4 is 5.32 Å². The summed E-state index contributed by atoms with van der Waals surface area (Å²) >= 11 is 1.34. The van der Waals surface area contributed by atoms with Gasteiger partial charge in [0.25, 0.3) is 0 Å². The number of thioether (sulfide) groups is 1. The predicted octanol–water partition coefficient (Wildman–Crippen LogP) is 5.55. The van der Waals surface area contributed by atoms with Crippen molar-refractivity contribution in [1.82, 2.24) is 5.32 Å². The van der Waals surface area contributed by atoms with Crippen molar-refractivity contribution in [3.05, 3.63) is 113 Å². The number of hydrogen-bond acceptors (Lipinski definition) is 5. The molecule has 0 fully saturated rings. The highest BCUT2D eigenvalue weighted by Gasteiger charge is 2.33. The van der Waals surface area contributed by atoms with Crippen molar-refractivity contribution in [3.8, 4) is 6.07 Å². The van der Waals surface area contributed by atoms with Crippen LogP contribution in [0, 0.1) is 23.0 Å². The Morgan fingerprint density at radius 3 is 2.03 bits per heavy atom. The fraction of sp³-hybridized carbons (Fsp3) is 0.115. The molecule has 0 spiro atoms. The van der Waals surface area contributed by atoms with Crippen molar-refractivity contribution in [2.45, 2.75) is 15.5 Å². The second-order valence-corrected chi connectivity index (χ2v) is 11.1. The molecular formula is C26H20F2N2O2S2. The van der Waals surface area contributed by atoms with Crippen LogP contribution in [0.1, 0.15) is 16.7 Å². The summed E-state index contributed by atoms with van der Waals surface area (Å²) in [5, 5.41) is 13.4. The zero-order chi connectivity index (χ0) is 24.3. The Hall–Kier alpha value is -3.41. The van der Waals surface area contributed by atoms with Gasteiger partial charge >= 0.3 is 0 Å². The molecule has 172 valence electrons. The lowest BCUT2D eigenvalue weighted by molar-refractivity contribution is 0.602. The lowest BCUT2D eigenvalue weighted by Crippen LogP contribution is -2.40. The van der Waals surface area contributed by atoms with Crippen LogP contribution in [0.4, 0.5) is 8.78 Å². The van der Waals surface area contributed by atoms with Gasteiger partial charge in [0.2, 0.25) is 0 Å². The van der Waals surface area contributed by atoms with Crippen molar-refractivity contribution in [2.24, 2.45) is 0 Å². The average molecular weight is 495 g/mol. The maximum Gasteiger partial charge on any atom is 0.191 e. The van der Waals surface area contributed by atoms with Crippen LogP contribution in [0.2, 0.25) is 0 Å². The van der Waals surface area contributed by atoms with Crippen LogP contribution in [-0.2, 0) is 15.6 Å². The monoisotopic (exact) mass is 494 g/mol. The molecule has 1 N–H and O–H groups in total. The number of sulfone groups is 1. The summed E-state index contributed by atoms with van der Waals surface area (Å²) in [6, 6.07) is 20.8. The maximum absolute atomic E-state index is 13.6. The number of halogens is 2. The van der Waals surface area contributed by atoms with Crippen molar-refractivity contribution < 1.29 is 17.2 Å². The molecule has 3 aromatic carbocycles. The summed E-state index contributed by atoms with van der Waals surface area (Å²) in [4.78, 5) is -0.914. The highest BCUT2D eigenvalue weighted by molar-refractivity contribution is 8.00. The van der Waals surface area contributed by atoms with E-state index < -0.39 is 14.7 Å². The van der Waals surface area contributed by atoms with Gasteiger partial charge in [0.05, 0.1) is 10.6 Å². The van der Waals surface area contributed by atoms with Crippen molar-refractivity contribution in [3.63, 3.8) is 0 Å². The third-order valence-corrected chi connectivity index (χ3v) is 7.73. The summed E-state index contributed by atoms with van der Waals surface area (Å²) in [5.41, 5.74) is 3.63. The van der Waals surface area contributed by atoms with Gasteiger partial charge in [-0.25, -0.2) is 17.2 Å². The van der Waals surface area contributed by atoms with E-state index in [1.165, 1.54) is 48.2 Å². The molecule has 0 amide bonds. The fourth-order valence-electron chi connectivity index (χ4n) is 3.50. The molecule has 1 heterocycles. The Morgan fingerprint density at radius 2 is 1.47 bits per heavy atom. The maximum atomic E-state index is 13.6. The molecular weight excluding hydrogens is 474 g/mol. The van der Waals surface area contributed by atoms with Gasteiger partial charge in [-0.2, -0.15) is 5.26 Å². The van der Waals surface area contributed by atoms with E-state index in [4.69, 9.17) is 0 Å². The number of hydrogen-bond donors (Lipinski definition) is 1.